The minimum Gasteiger partial charge on any atom is -0.481 e. The van der Waals surface area contributed by atoms with Crippen molar-refractivity contribution in [3.8, 4) is 0 Å². The maximum absolute atomic E-state index is 12.1. The van der Waals surface area contributed by atoms with E-state index in [1.807, 2.05) is 31.2 Å². The van der Waals surface area contributed by atoms with Crippen molar-refractivity contribution < 1.29 is 19.1 Å². The molecule has 0 spiro atoms. The minimum atomic E-state index is -0.947. The average Bonchev–Trinajstić information content (AvgIpc) is 2.81. The number of oxazole rings is 1. The minimum absolute atomic E-state index is 0.0291. The van der Waals surface area contributed by atoms with Crippen LogP contribution in [0.1, 0.15) is 33.3 Å². The number of aliphatic carboxylic acids is 1. The van der Waals surface area contributed by atoms with Gasteiger partial charge in [0.05, 0.1) is 11.6 Å². The number of carboxylic acids is 1. The highest BCUT2D eigenvalue weighted by atomic mass is 16.4. The molecule has 2 rings (SSSR count). The van der Waals surface area contributed by atoms with Crippen LogP contribution < -0.4 is 5.32 Å². The van der Waals surface area contributed by atoms with Gasteiger partial charge in [0, 0.05) is 13.5 Å². The molecule has 0 aliphatic heterocycles. The van der Waals surface area contributed by atoms with Gasteiger partial charge in [0.15, 0.2) is 5.89 Å². The number of hydrogen-bond donors (Lipinski definition) is 2. The first-order chi connectivity index (χ1) is 10.9. The van der Waals surface area contributed by atoms with Crippen LogP contribution in [0.4, 0.5) is 0 Å². The van der Waals surface area contributed by atoms with Crippen LogP contribution in [0.25, 0.3) is 0 Å². The Morgan fingerprint density at radius 1 is 1.30 bits per heavy atom. The molecule has 2 N–H and O–H groups in total. The molecule has 0 aliphatic carbocycles. The number of aromatic nitrogens is 1. The molecule has 122 valence electrons. The van der Waals surface area contributed by atoms with E-state index in [4.69, 9.17) is 4.42 Å². The van der Waals surface area contributed by atoms with Crippen molar-refractivity contribution in [3.05, 3.63) is 52.7 Å². The van der Waals surface area contributed by atoms with E-state index in [1.54, 1.807) is 13.8 Å². The van der Waals surface area contributed by atoms with E-state index in [2.05, 4.69) is 10.3 Å². The number of rotatable bonds is 6. The van der Waals surface area contributed by atoms with E-state index in [0.717, 1.165) is 11.1 Å². The molecule has 0 radical (unpaired) electrons. The summed E-state index contributed by atoms with van der Waals surface area (Å²) in [6.07, 6.45) is 0.353. The molecule has 23 heavy (non-hydrogen) atoms. The van der Waals surface area contributed by atoms with E-state index >= 15 is 0 Å². The van der Waals surface area contributed by atoms with Gasteiger partial charge in [-0.25, -0.2) is 4.98 Å². The summed E-state index contributed by atoms with van der Waals surface area (Å²) in [7, 11) is 0. The smallest absolute Gasteiger partial charge is 0.308 e. The first kappa shape index (κ1) is 16.7. The molecule has 1 atom stereocenters. The molecule has 0 saturated heterocycles. The molecule has 1 amide bonds. The third-order valence-corrected chi connectivity index (χ3v) is 3.53. The Hall–Kier alpha value is -2.63. The molecule has 6 heteroatoms. The highest BCUT2D eigenvalue weighted by Gasteiger charge is 2.22. The third-order valence-electron chi connectivity index (χ3n) is 3.53. The maximum atomic E-state index is 12.1. The Morgan fingerprint density at radius 3 is 2.61 bits per heavy atom. The first-order valence-corrected chi connectivity index (χ1v) is 7.37. The van der Waals surface area contributed by atoms with Gasteiger partial charge in [-0.15, -0.1) is 0 Å². The molecule has 0 fully saturated rings. The number of carbonyl (C=O) groups excluding carboxylic acids is 1. The van der Waals surface area contributed by atoms with Crippen molar-refractivity contribution in [3.63, 3.8) is 0 Å². The number of aryl methyl sites for hydroxylation is 3. The molecule has 0 saturated carbocycles. The summed E-state index contributed by atoms with van der Waals surface area (Å²) < 4.78 is 5.23. The first-order valence-electron chi connectivity index (χ1n) is 7.37. The quantitative estimate of drug-likeness (QED) is 0.853. The molecule has 6 nitrogen and oxygen atoms in total. The van der Waals surface area contributed by atoms with Crippen LogP contribution in [0.3, 0.4) is 0 Å². The van der Waals surface area contributed by atoms with Crippen molar-refractivity contribution in [2.24, 2.45) is 5.92 Å². The fraction of sp³-hybridized carbons (Fsp3) is 0.353. The van der Waals surface area contributed by atoms with Crippen LogP contribution in [-0.2, 0) is 11.2 Å². The molecule has 0 bridgehead atoms. The van der Waals surface area contributed by atoms with Gasteiger partial charge >= 0.3 is 5.97 Å². The molecule has 0 aliphatic rings. The number of benzene rings is 1. The van der Waals surface area contributed by atoms with Gasteiger partial charge in [0.2, 0.25) is 5.76 Å². The molecular weight excluding hydrogens is 296 g/mol. The van der Waals surface area contributed by atoms with Crippen LogP contribution in [0.5, 0.6) is 0 Å². The van der Waals surface area contributed by atoms with Crippen molar-refractivity contribution in [1.82, 2.24) is 10.3 Å². The van der Waals surface area contributed by atoms with Gasteiger partial charge in [-0.2, -0.15) is 0 Å². The molecule has 1 unspecified atom stereocenters. The van der Waals surface area contributed by atoms with Crippen molar-refractivity contribution >= 4 is 11.9 Å². The van der Waals surface area contributed by atoms with Crippen molar-refractivity contribution in [1.29, 1.82) is 0 Å². The zero-order valence-corrected chi connectivity index (χ0v) is 13.4. The van der Waals surface area contributed by atoms with Gasteiger partial charge in [-0.1, -0.05) is 29.8 Å². The second-order valence-corrected chi connectivity index (χ2v) is 5.59. The summed E-state index contributed by atoms with van der Waals surface area (Å²) in [6.45, 7) is 5.31. The van der Waals surface area contributed by atoms with E-state index in [1.165, 1.54) is 0 Å². The van der Waals surface area contributed by atoms with Gasteiger partial charge in [0.1, 0.15) is 0 Å². The lowest BCUT2D eigenvalue weighted by atomic mass is 9.98. The lowest BCUT2D eigenvalue weighted by Crippen LogP contribution is -2.34. The topological polar surface area (TPSA) is 92.4 Å². The Balaban J connectivity index is 2.01. The normalized spacial score (nSPS) is 12.0. The highest BCUT2D eigenvalue weighted by molar-refractivity contribution is 5.92. The summed E-state index contributed by atoms with van der Waals surface area (Å²) >= 11 is 0. The molecule has 2 aromatic rings. The second kappa shape index (κ2) is 7.09. The zero-order valence-electron chi connectivity index (χ0n) is 13.4. The summed E-state index contributed by atoms with van der Waals surface area (Å²) in [6, 6.07) is 7.68. The molecule has 1 heterocycles. The van der Waals surface area contributed by atoms with Gasteiger partial charge in [0.25, 0.3) is 5.91 Å². The maximum Gasteiger partial charge on any atom is 0.308 e. The molecule has 1 aromatic carbocycles. The number of carbonyl (C=O) groups is 2. The largest absolute Gasteiger partial charge is 0.481 e. The summed E-state index contributed by atoms with van der Waals surface area (Å²) in [5.41, 5.74) is 2.49. The lowest BCUT2D eigenvalue weighted by Gasteiger charge is -2.13. The van der Waals surface area contributed by atoms with Crippen LogP contribution in [0.15, 0.2) is 28.7 Å². The SMILES string of the molecule is Cc1cccc(CC(CNC(=O)c2oc(C)nc2C)C(=O)O)c1. The summed E-state index contributed by atoms with van der Waals surface area (Å²) in [5, 5.41) is 12.0. The van der Waals surface area contributed by atoms with Crippen molar-refractivity contribution in [2.45, 2.75) is 27.2 Å². The predicted molar refractivity (Wildman–Crippen MR) is 84.3 cm³/mol. The van der Waals surface area contributed by atoms with Crippen LogP contribution in [0.2, 0.25) is 0 Å². The van der Waals surface area contributed by atoms with Gasteiger partial charge in [-0.3, -0.25) is 9.59 Å². The Morgan fingerprint density at radius 2 is 2.04 bits per heavy atom. The van der Waals surface area contributed by atoms with Crippen LogP contribution >= 0.6 is 0 Å². The number of carboxylic acid groups (broad SMARTS) is 1. The number of nitrogens with zero attached hydrogens (tertiary/aromatic N) is 1. The van der Waals surface area contributed by atoms with E-state index < -0.39 is 17.8 Å². The Labute approximate surface area is 134 Å². The second-order valence-electron chi connectivity index (χ2n) is 5.59. The van der Waals surface area contributed by atoms with Crippen LogP contribution in [0, 0.1) is 26.7 Å². The number of hydrogen-bond acceptors (Lipinski definition) is 4. The predicted octanol–water partition coefficient (Wildman–Crippen LogP) is 2.27. The molecule has 1 aromatic heterocycles. The Kier molecular flexibility index (Phi) is 5.16. The van der Waals surface area contributed by atoms with E-state index in [9.17, 15) is 14.7 Å². The highest BCUT2D eigenvalue weighted by Crippen LogP contribution is 2.12. The lowest BCUT2D eigenvalue weighted by molar-refractivity contribution is -0.141. The van der Waals surface area contributed by atoms with Gasteiger partial charge in [-0.05, 0) is 25.8 Å². The summed E-state index contributed by atoms with van der Waals surface area (Å²) in [5.74, 6) is -1.56. The average molecular weight is 316 g/mol. The van der Waals surface area contributed by atoms with Crippen LogP contribution in [-0.4, -0.2) is 28.5 Å². The monoisotopic (exact) mass is 316 g/mol. The van der Waals surface area contributed by atoms with Crippen molar-refractivity contribution in [2.75, 3.05) is 6.54 Å². The molecular formula is C17H20N2O4. The Bertz CT molecular complexity index is 721. The standard InChI is InChI=1S/C17H20N2O4/c1-10-5-4-6-13(7-10)8-14(17(21)22)9-18-16(20)15-11(2)19-12(3)23-15/h4-7,14H,8-9H2,1-3H3,(H,18,20)(H,21,22). The number of nitrogens with one attached hydrogen (secondary N) is 1. The fourth-order valence-electron chi connectivity index (χ4n) is 2.41. The van der Waals surface area contributed by atoms with E-state index in [-0.39, 0.29) is 12.3 Å². The zero-order chi connectivity index (χ0) is 17.0. The van der Waals surface area contributed by atoms with Gasteiger partial charge < -0.3 is 14.8 Å². The van der Waals surface area contributed by atoms with E-state index in [0.29, 0.717) is 18.0 Å². The fourth-order valence-corrected chi connectivity index (χ4v) is 2.41. The number of amides is 1. The third kappa shape index (κ3) is 4.42. The summed E-state index contributed by atoms with van der Waals surface area (Å²) in [4.78, 5) is 27.5.